The Morgan fingerprint density at radius 2 is 1.96 bits per heavy atom. The molecule has 0 bridgehead atoms. The zero-order chi connectivity index (χ0) is 19.0. The van der Waals surface area contributed by atoms with Crippen molar-refractivity contribution in [2.75, 3.05) is 10.7 Å². The van der Waals surface area contributed by atoms with E-state index in [1.54, 1.807) is 22.7 Å². The molecule has 2 aliphatic carbocycles. The number of carbonyl (C=O) groups is 1. The molecule has 1 saturated heterocycles. The molecule has 3 fully saturated rings. The van der Waals surface area contributed by atoms with Crippen LogP contribution in [0.3, 0.4) is 0 Å². The molecule has 154 valence electrons. The van der Waals surface area contributed by atoms with Crippen LogP contribution in [0.15, 0.2) is 23.2 Å². The van der Waals surface area contributed by atoms with Crippen molar-refractivity contribution in [3.63, 3.8) is 0 Å². The van der Waals surface area contributed by atoms with Gasteiger partial charge in [0.05, 0.1) is 11.7 Å². The molecule has 1 aliphatic heterocycles. The average molecular weight is 446 g/mol. The minimum absolute atomic E-state index is 0. The van der Waals surface area contributed by atoms with Crippen molar-refractivity contribution in [2.24, 2.45) is 4.99 Å². The SMILES string of the molecule is CC(=O)N(c1cc(Cl)ccc1F)C1CSC(=NC2CCCCC2)N1C1CC1.Cl. The Balaban J connectivity index is 0.00000225. The monoisotopic (exact) mass is 445 g/mol. The number of carbonyl (C=O) groups excluding carboxylic acids is 1. The zero-order valence-electron chi connectivity index (χ0n) is 15.9. The van der Waals surface area contributed by atoms with Crippen LogP contribution in [0, 0.1) is 5.82 Å². The number of amidine groups is 1. The standard InChI is InChI=1S/C20H25ClFN3OS.ClH/c1-13(26)24(18-11-14(21)7-10-17(18)22)19-12-27-20(25(19)16-8-9-16)23-15-5-3-2-4-6-15;/h7,10-11,15-16,19H,2-6,8-9,12H2,1H3;1H. The maximum Gasteiger partial charge on any atom is 0.225 e. The van der Waals surface area contributed by atoms with Crippen molar-refractivity contribution in [1.82, 2.24) is 4.90 Å². The molecule has 1 atom stereocenters. The summed E-state index contributed by atoms with van der Waals surface area (Å²) in [5.74, 6) is 0.104. The van der Waals surface area contributed by atoms with Crippen LogP contribution in [0.5, 0.6) is 0 Å². The molecule has 4 rings (SSSR count). The van der Waals surface area contributed by atoms with Crippen LogP contribution < -0.4 is 4.90 Å². The second-order valence-electron chi connectivity index (χ2n) is 7.62. The largest absolute Gasteiger partial charge is 0.327 e. The Hall–Kier alpha value is -0.980. The average Bonchev–Trinajstić information content (AvgIpc) is 3.41. The van der Waals surface area contributed by atoms with Crippen molar-refractivity contribution in [1.29, 1.82) is 0 Å². The highest BCUT2D eigenvalue weighted by Crippen LogP contribution is 2.40. The Labute approximate surface area is 181 Å². The summed E-state index contributed by atoms with van der Waals surface area (Å²) in [4.78, 5) is 21.4. The summed E-state index contributed by atoms with van der Waals surface area (Å²) >= 11 is 7.79. The first-order valence-electron chi connectivity index (χ1n) is 9.78. The lowest BCUT2D eigenvalue weighted by molar-refractivity contribution is -0.117. The number of aliphatic imine (C=N–C) groups is 1. The van der Waals surface area contributed by atoms with E-state index in [0.29, 0.717) is 22.9 Å². The summed E-state index contributed by atoms with van der Waals surface area (Å²) in [5.41, 5.74) is 0.255. The topological polar surface area (TPSA) is 35.9 Å². The lowest BCUT2D eigenvalue weighted by atomic mass is 9.96. The van der Waals surface area contributed by atoms with Gasteiger partial charge in [-0.05, 0) is 43.9 Å². The van der Waals surface area contributed by atoms with Crippen LogP contribution in [0.1, 0.15) is 51.9 Å². The molecule has 1 aromatic carbocycles. The van der Waals surface area contributed by atoms with E-state index < -0.39 is 5.82 Å². The van der Waals surface area contributed by atoms with Crippen molar-refractivity contribution in [3.8, 4) is 0 Å². The number of nitrogens with zero attached hydrogens (tertiary/aromatic N) is 3. The Morgan fingerprint density at radius 3 is 2.61 bits per heavy atom. The van der Waals surface area contributed by atoms with Crippen molar-refractivity contribution in [3.05, 3.63) is 29.0 Å². The van der Waals surface area contributed by atoms with E-state index in [9.17, 15) is 9.18 Å². The van der Waals surface area contributed by atoms with Gasteiger partial charge in [0.25, 0.3) is 0 Å². The van der Waals surface area contributed by atoms with Gasteiger partial charge in [-0.1, -0.05) is 42.6 Å². The molecule has 8 heteroatoms. The Morgan fingerprint density at radius 1 is 1.25 bits per heavy atom. The van der Waals surface area contributed by atoms with Gasteiger partial charge in [0.1, 0.15) is 12.0 Å². The molecule has 28 heavy (non-hydrogen) atoms. The first-order valence-corrected chi connectivity index (χ1v) is 11.1. The third-order valence-corrected chi connectivity index (χ3v) is 6.79. The highest BCUT2D eigenvalue weighted by Gasteiger charge is 2.45. The first kappa shape index (κ1) is 21.7. The zero-order valence-corrected chi connectivity index (χ0v) is 18.3. The van der Waals surface area contributed by atoms with E-state index in [0.717, 1.165) is 30.9 Å². The molecule has 3 aliphatic rings. The minimum Gasteiger partial charge on any atom is -0.327 e. The van der Waals surface area contributed by atoms with Crippen LogP contribution >= 0.6 is 35.8 Å². The molecule has 0 N–H and O–H groups in total. The molecule has 0 aromatic heterocycles. The number of hydrogen-bond acceptors (Lipinski definition) is 3. The lowest BCUT2D eigenvalue weighted by Crippen LogP contribution is -2.51. The van der Waals surface area contributed by atoms with Gasteiger partial charge in [-0.15, -0.1) is 12.4 Å². The number of thioether (sulfide) groups is 1. The van der Waals surface area contributed by atoms with Gasteiger partial charge in [-0.25, -0.2) is 4.39 Å². The second-order valence-corrected chi connectivity index (χ2v) is 9.04. The highest BCUT2D eigenvalue weighted by atomic mass is 35.5. The van der Waals surface area contributed by atoms with Crippen LogP contribution in [0.2, 0.25) is 5.02 Å². The summed E-state index contributed by atoms with van der Waals surface area (Å²) in [6.07, 6.45) is 8.07. The molecule has 0 radical (unpaired) electrons. The fraction of sp³-hybridized carbons (Fsp3) is 0.600. The van der Waals surface area contributed by atoms with E-state index in [1.165, 1.54) is 38.3 Å². The van der Waals surface area contributed by atoms with Crippen LogP contribution in [-0.4, -0.2) is 40.0 Å². The van der Waals surface area contributed by atoms with E-state index in [4.69, 9.17) is 16.6 Å². The molecular formula is C20H26Cl2FN3OS. The number of amides is 1. The first-order chi connectivity index (χ1) is 13.0. The van der Waals surface area contributed by atoms with Gasteiger partial charge < -0.3 is 4.90 Å². The minimum atomic E-state index is -0.423. The van der Waals surface area contributed by atoms with Crippen molar-refractivity contribution in [2.45, 2.75) is 70.1 Å². The van der Waals surface area contributed by atoms with Crippen LogP contribution in [0.4, 0.5) is 10.1 Å². The van der Waals surface area contributed by atoms with Crippen LogP contribution in [-0.2, 0) is 4.79 Å². The van der Waals surface area contributed by atoms with Gasteiger partial charge in [0.15, 0.2) is 5.17 Å². The summed E-state index contributed by atoms with van der Waals surface area (Å²) in [5, 5.41) is 1.46. The van der Waals surface area contributed by atoms with Gasteiger partial charge in [-0.2, -0.15) is 0 Å². The third kappa shape index (κ3) is 4.60. The molecular weight excluding hydrogens is 420 g/mol. The predicted octanol–water partition coefficient (Wildman–Crippen LogP) is 5.48. The molecule has 1 unspecified atom stereocenters. The van der Waals surface area contributed by atoms with Crippen LogP contribution in [0.25, 0.3) is 0 Å². The molecule has 0 spiro atoms. The van der Waals surface area contributed by atoms with Gasteiger partial charge >= 0.3 is 0 Å². The number of benzene rings is 1. The number of anilines is 1. The van der Waals surface area contributed by atoms with E-state index in [2.05, 4.69) is 4.90 Å². The van der Waals surface area contributed by atoms with Gasteiger partial charge in [-0.3, -0.25) is 14.7 Å². The normalized spacial score (nSPS) is 24.3. The summed E-state index contributed by atoms with van der Waals surface area (Å²) in [7, 11) is 0. The summed E-state index contributed by atoms with van der Waals surface area (Å²) in [6, 6.07) is 5.17. The molecule has 2 saturated carbocycles. The maximum absolute atomic E-state index is 14.5. The van der Waals surface area contributed by atoms with E-state index >= 15 is 0 Å². The Bertz CT molecular complexity index is 753. The van der Waals surface area contributed by atoms with Crippen molar-refractivity contribution < 1.29 is 9.18 Å². The summed E-state index contributed by atoms with van der Waals surface area (Å²) in [6.45, 7) is 1.49. The Kier molecular flexibility index (Phi) is 7.16. The fourth-order valence-corrected chi connectivity index (χ4v) is 5.48. The predicted molar refractivity (Wildman–Crippen MR) is 117 cm³/mol. The second kappa shape index (κ2) is 9.23. The molecule has 1 amide bonds. The number of hydrogen-bond donors (Lipinski definition) is 0. The van der Waals surface area contributed by atoms with Crippen molar-refractivity contribution >= 4 is 52.5 Å². The van der Waals surface area contributed by atoms with Gasteiger partial charge in [0.2, 0.25) is 5.91 Å². The molecule has 1 heterocycles. The van der Waals surface area contributed by atoms with E-state index in [1.807, 2.05) is 0 Å². The lowest BCUT2D eigenvalue weighted by Gasteiger charge is -2.35. The quantitative estimate of drug-likeness (QED) is 0.615. The third-order valence-electron chi connectivity index (χ3n) is 5.52. The number of rotatable bonds is 4. The van der Waals surface area contributed by atoms with Gasteiger partial charge in [0, 0.05) is 23.7 Å². The number of halogens is 3. The summed E-state index contributed by atoms with van der Waals surface area (Å²) < 4.78 is 14.5. The molecule has 1 aromatic rings. The smallest absolute Gasteiger partial charge is 0.225 e. The van der Waals surface area contributed by atoms with E-state index in [-0.39, 0.29) is 30.2 Å². The molecule has 4 nitrogen and oxygen atoms in total. The fourth-order valence-electron chi connectivity index (χ4n) is 4.06. The highest BCUT2D eigenvalue weighted by molar-refractivity contribution is 8.14. The maximum atomic E-state index is 14.5.